The van der Waals surface area contributed by atoms with Crippen molar-refractivity contribution in [2.24, 2.45) is 5.92 Å². The van der Waals surface area contributed by atoms with Crippen molar-refractivity contribution in [3.05, 3.63) is 35.6 Å². The predicted octanol–water partition coefficient (Wildman–Crippen LogP) is 1.38. The number of halogens is 1. The van der Waals surface area contributed by atoms with Gasteiger partial charge in [-0.15, -0.1) is 0 Å². The van der Waals surface area contributed by atoms with E-state index in [4.69, 9.17) is 0 Å². The normalized spacial score (nSPS) is 13.2. The zero-order valence-corrected chi connectivity index (χ0v) is 11.5. The maximum atomic E-state index is 13.0. The van der Waals surface area contributed by atoms with E-state index < -0.39 is 35.4 Å². The number of hydrogen-bond donors (Lipinski definition) is 1. The van der Waals surface area contributed by atoms with Gasteiger partial charge in [0.2, 0.25) is 5.91 Å². The van der Waals surface area contributed by atoms with Crippen molar-refractivity contribution in [3.8, 4) is 0 Å². The highest BCUT2D eigenvalue weighted by molar-refractivity contribution is 5.99. The van der Waals surface area contributed by atoms with Crippen LogP contribution in [0, 0.1) is 11.7 Å². The van der Waals surface area contributed by atoms with Crippen LogP contribution in [-0.2, 0) is 19.1 Å². The number of Topliss-reactive ketones (excluding diaryl/α,β-unsaturated/α-hetero) is 1. The third-order valence-corrected chi connectivity index (χ3v) is 2.81. The molecule has 0 aliphatic carbocycles. The monoisotopic (exact) mass is 281 g/mol. The Balaban J connectivity index is 3.21. The van der Waals surface area contributed by atoms with Crippen molar-refractivity contribution in [3.63, 3.8) is 0 Å². The second kappa shape index (κ2) is 6.79. The molecular formula is C14H16FNO4. The Labute approximate surface area is 116 Å². The second-order valence-corrected chi connectivity index (χ2v) is 4.34. The van der Waals surface area contributed by atoms with Crippen molar-refractivity contribution in [2.45, 2.75) is 19.9 Å². The molecule has 0 fully saturated rings. The smallest absolute Gasteiger partial charge is 0.318 e. The predicted molar refractivity (Wildman–Crippen MR) is 69.1 cm³/mol. The molecular weight excluding hydrogens is 265 g/mol. The summed E-state index contributed by atoms with van der Waals surface area (Å²) in [5.74, 6) is -3.22. The van der Waals surface area contributed by atoms with Crippen LogP contribution in [0.15, 0.2) is 24.3 Å². The van der Waals surface area contributed by atoms with Gasteiger partial charge < -0.3 is 10.1 Å². The number of rotatable bonds is 5. The van der Waals surface area contributed by atoms with Crippen molar-refractivity contribution in [2.75, 3.05) is 7.11 Å². The van der Waals surface area contributed by atoms with Gasteiger partial charge in [-0.2, -0.15) is 0 Å². The molecule has 0 aliphatic rings. The lowest BCUT2D eigenvalue weighted by atomic mass is 9.90. The van der Waals surface area contributed by atoms with E-state index >= 15 is 0 Å². The Morgan fingerprint density at radius 2 is 1.70 bits per heavy atom. The third kappa shape index (κ3) is 3.88. The first-order chi connectivity index (χ1) is 9.36. The molecule has 2 atom stereocenters. The molecule has 108 valence electrons. The van der Waals surface area contributed by atoms with E-state index in [-0.39, 0.29) is 0 Å². The molecule has 2 unspecified atom stereocenters. The van der Waals surface area contributed by atoms with E-state index in [9.17, 15) is 18.8 Å². The molecule has 0 saturated heterocycles. The summed E-state index contributed by atoms with van der Waals surface area (Å²) in [5, 5.41) is 2.53. The molecule has 1 aromatic carbocycles. The lowest BCUT2D eigenvalue weighted by Gasteiger charge is -2.24. The first kappa shape index (κ1) is 15.8. The Bertz CT molecular complexity index is 512. The van der Waals surface area contributed by atoms with Gasteiger partial charge in [-0.3, -0.25) is 14.4 Å². The van der Waals surface area contributed by atoms with Crippen LogP contribution in [0.5, 0.6) is 0 Å². The van der Waals surface area contributed by atoms with Crippen molar-refractivity contribution < 1.29 is 23.5 Å². The van der Waals surface area contributed by atoms with E-state index in [0.29, 0.717) is 5.56 Å². The maximum Gasteiger partial charge on any atom is 0.318 e. The number of nitrogens with one attached hydrogen (secondary N) is 1. The van der Waals surface area contributed by atoms with Crippen LogP contribution in [0.1, 0.15) is 25.5 Å². The summed E-state index contributed by atoms with van der Waals surface area (Å²) < 4.78 is 17.5. The molecule has 6 heteroatoms. The third-order valence-electron chi connectivity index (χ3n) is 2.81. The minimum absolute atomic E-state index is 0.408. The molecule has 20 heavy (non-hydrogen) atoms. The van der Waals surface area contributed by atoms with Gasteiger partial charge in [0.1, 0.15) is 17.5 Å². The Morgan fingerprint density at radius 3 is 2.10 bits per heavy atom. The van der Waals surface area contributed by atoms with Gasteiger partial charge >= 0.3 is 5.97 Å². The summed E-state index contributed by atoms with van der Waals surface area (Å²) in [4.78, 5) is 34.7. The van der Waals surface area contributed by atoms with Crippen molar-refractivity contribution >= 4 is 17.7 Å². The van der Waals surface area contributed by atoms with E-state index in [1.807, 2.05) is 0 Å². The highest BCUT2D eigenvalue weighted by Crippen LogP contribution is 2.24. The number of benzene rings is 1. The Morgan fingerprint density at radius 1 is 1.15 bits per heavy atom. The highest BCUT2D eigenvalue weighted by Gasteiger charge is 2.35. The Kier molecular flexibility index (Phi) is 5.37. The summed E-state index contributed by atoms with van der Waals surface area (Å²) in [6, 6.07) is 4.32. The fourth-order valence-corrected chi connectivity index (χ4v) is 1.91. The SMILES string of the molecule is COC(=O)C(C(C)=O)C(NC(C)=O)c1ccc(F)cc1. The number of esters is 1. The van der Waals surface area contributed by atoms with Crippen LogP contribution in [0.25, 0.3) is 0 Å². The van der Waals surface area contributed by atoms with Crippen LogP contribution < -0.4 is 5.32 Å². The van der Waals surface area contributed by atoms with Crippen LogP contribution in [0.4, 0.5) is 4.39 Å². The second-order valence-electron chi connectivity index (χ2n) is 4.34. The average Bonchev–Trinajstić information content (AvgIpc) is 2.37. The topological polar surface area (TPSA) is 72.5 Å². The van der Waals surface area contributed by atoms with E-state index in [1.165, 1.54) is 38.1 Å². The molecule has 0 spiro atoms. The molecule has 1 rings (SSSR count). The number of methoxy groups -OCH3 is 1. The number of amides is 1. The molecule has 0 saturated carbocycles. The lowest BCUT2D eigenvalue weighted by molar-refractivity contribution is -0.150. The van der Waals surface area contributed by atoms with Crippen LogP contribution in [-0.4, -0.2) is 24.8 Å². The molecule has 1 amide bonds. The minimum Gasteiger partial charge on any atom is -0.468 e. The number of carbonyl (C=O) groups excluding carboxylic acids is 3. The average molecular weight is 281 g/mol. The van der Waals surface area contributed by atoms with Gasteiger partial charge in [-0.1, -0.05) is 12.1 Å². The lowest BCUT2D eigenvalue weighted by Crippen LogP contribution is -2.39. The molecule has 1 aromatic rings. The molecule has 0 radical (unpaired) electrons. The van der Waals surface area contributed by atoms with Gasteiger partial charge in [-0.25, -0.2) is 4.39 Å². The largest absolute Gasteiger partial charge is 0.468 e. The summed E-state index contributed by atoms with van der Waals surface area (Å²) in [5.41, 5.74) is 0.451. The number of ether oxygens (including phenoxy) is 1. The number of carbonyl (C=O) groups is 3. The minimum atomic E-state index is -1.17. The summed E-state index contributed by atoms with van der Waals surface area (Å²) in [7, 11) is 1.16. The van der Waals surface area contributed by atoms with Gasteiger partial charge in [0, 0.05) is 6.92 Å². The molecule has 0 heterocycles. The number of hydrogen-bond acceptors (Lipinski definition) is 4. The van der Waals surface area contributed by atoms with Crippen LogP contribution in [0.2, 0.25) is 0 Å². The van der Waals surface area contributed by atoms with Gasteiger partial charge in [0.15, 0.2) is 0 Å². The molecule has 0 aliphatic heterocycles. The van der Waals surface area contributed by atoms with Crippen molar-refractivity contribution in [1.82, 2.24) is 5.32 Å². The summed E-state index contributed by atoms with van der Waals surface area (Å²) >= 11 is 0. The molecule has 1 N–H and O–H groups in total. The molecule has 0 aromatic heterocycles. The van der Waals surface area contributed by atoms with Gasteiger partial charge in [0.25, 0.3) is 0 Å². The van der Waals surface area contributed by atoms with Crippen LogP contribution in [0.3, 0.4) is 0 Å². The first-order valence-corrected chi connectivity index (χ1v) is 5.97. The van der Waals surface area contributed by atoms with E-state index in [0.717, 1.165) is 7.11 Å². The molecule has 0 bridgehead atoms. The zero-order valence-electron chi connectivity index (χ0n) is 11.5. The van der Waals surface area contributed by atoms with Gasteiger partial charge in [-0.05, 0) is 24.6 Å². The van der Waals surface area contributed by atoms with Gasteiger partial charge in [0.05, 0.1) is 13.2 Å². The Hall–Kier alpha value is -2.24. The van der Waals surface area contributed by atoms with Crippen LogP contribution >= 0.6 is 0 Å². The molecule has 5 nitrogen and oxygen atoms in total. The highest BCUT2D eigenvalue weighted by atomic mass is 19.1. The number of ketones is 1. The quantitative estimate of drug-likeness (QED) is 0.653. The zero-order chi connectivity index (χ0) is 15.3. The summed E-state index contributed by atoms with van der Waals surface area (Å²) in [6.07, 6.45) is 0. The van der Waals surface area contributed by atoms with E-state index in [2.05, 4.69) is 10.1 Å². The fourth-order valence-electron chi connectivity index (χ4n) is 1.91. The first-order valence-electron chi connectivity index (χ1n) is 5.97. The van der Waals surface area contributed by atoms with Crippen molar-refractivity contribution in [1.29, 1.82) is 0 Å². The summed E-state index contributed by atoms with van der Waals surface area (Å²) in [6.45, 7) is 2.50. The standard InChI is InChI=1S/C14H16FNO4/c1-8(17)12(14(19)20-3)13(16-9(2)18)10-4-6-11(15)7-5-10/h4-7,12-13H,1-3H3,(H,16,18). The van der Waals surface area contributed by atoms with E-state index in [1.54, 1.807) is 0 Å². The maximum absolute atomic E-state index is 13.0. The fraction of sp³-hybridized carbons (Fsp3) is 0.357.